The molecule has 0 heterocycles. The van der Waals surface area contributed by atoms with Crippen LogP contribution in [-0.2, 0) is 16.0 Å². The number of hydrogen-bond acceptors (Lipinski definition) is 3. The molecule has 0 amide bonds. The highest BCUT2D eigenvalue weighted by Gasteiger charge is 2.43. The number of ether oxygens (including phenoxy) is 2. The lowest BCUT2D eigenvalue weighted by Crippen LogP contribution is -2.05. The zero-order chi connectivity index (χ0) is 14.7. The molecular formula is C15H18Cl2O3. The second kappa shape index (κ2) is 6.68. The van der Waals surface area contributed by atoms with E-state index in [0.717, 1.165) is 24.8 Å². The van der Waals surface area contributed by atoms with Gasteiger partial charge >= 0.3 is 5.97 Å². The van der Waals surface area contributed by atoms with Crippen molar-refractivity contribution in [3.63, 3.8) is 0 Å². The quantitative estimate of drug-likeness (QED) is 0.740. The number of benzene rings is 1. The third kappa shape index (κ3) is 3.58. The van der Waals surface area contributed by atoms with E-state index in [4.69, 9.17) is 32.7 Å². The van der Waals surface area contributed by atoms with Gasteiger partial charge in [-0.2, -0.15) is 0 Å². The van der Waals surface area contributed by atoms with Gasteiger partial charge in [0.15, 0.2) is 0 Å². The Morgan fingerprint density at radius 1 is 1.40 bits per heavy atom. The van der Waals surface area contributed by atoms with Crippen LogP contribution in [0.15, 0.2) is 12.1 Å². The highest BCUT2D eigenvalue weighted by molar-refractivity contribution is 6.35. The van der Waals surface area contributed by atoms with Crippen molar-refractivity contribution in [2.75, 3.05) is 13.7 Å². The number of methoxy groups -OCH3 is 1. The van der Waals surface area contributed by atoms with E-state index >= 15 is 0 Å². The van der Waals surface area contributed by atoms with Crippen molar-refractivity contribution in [1.82, 2.24) is 0 Å². The summed E-state index contributed by atoms with van der Waals surface area (Å²) in [7, 11) is 1.43. The topological polar surface area (TPSA) is 35.5 Å². The van der Waals surface area contributed by atoms with Crippen LogP contribution in [0.1, 0.15) is 25.3 Å². The normalized spacial score (nSPS) is 20.6. The molecule has 0 N–H and O–H groups in total. The Hall–Kier alpha value is -0.930. The Morgan fingerprint density at radius 2 is 2.15 bits per heavy atom. The number of rotatable bonds is 6. The molecule has 2 rings (SSSR count). The first-order valence-corrected chi connectivity index (χ1v) is 7.51. The summed E-state index contributed by atoms with van der Waals surface area (Å²) in [5.74, 6) is 1.05. The molecule has 110 valence electrons. The van der Waals surface area contributed by atoms with Crippen LogP contribution in [0.25, 0.3) is 0 Å². The monoisotopic (exact) mass is 316 g/mol. The minimum Gasteiger partial charge on any atom is -0.492 e. The molecule has 1 aliphatic rings. The number of halogens is 2. The van der Waals surface area contributed by atoms with Crippen LogP contribution in [0.5, 0.6) is 5.75 Å². The van der Waals surface area contributed by atoms with Gasteiger partial charge in [-0.05, 0) is 49.8 Å². The van der Waals surface area contributed by atoms with Crippen LogP contribution in [0, 0.1) is 11.8 Å². The number of aryl methyl sites for hydroxylation is 1. The van der Waals surface area contributed by atoms with E-state index in [9.17, 15) is 4.79 Å². The van der Waals surface area contributed by atoms with E-state index in [2.05, 4.69) is 0 Å². The van der Waals surface area contributed by atoms with Gasteiger partial charge in [-0.1, -0.05) is 23.2 Å². The summed E-state index contributed by atoms with van der Waals surface area (Å²) in [6.45, 7) is 2.48. The maximum Gasteiger partial charge on any atom is 0.308 e. The summed E-state index contributed by atoms with van der Waals surface area (Å²) in [5.41, 5.74) is 1.000. The molecule has 0 radical (unpaired) electrons. The van der Waals surface area contributed by atoms with Crippen molar-refractivity contribution in [1.29, 1.82) is 0 Å². The van der Waals surface area contributed by atoms with Crippen LogP contribution in [0.4, 0.5) is 0 Å². The summed E-state index contributed by atoms with van der Waals surface area (Å²) in [5, 5.41) is 1.14. The summed E-state index contributed by atoms with van der Waals surface area (Å²) in [6.07, 6.45) is 2.62. The lowest BCUT2D eigenvalue weighted by Gasteiger charge is -2.12. The first kappa shape index (κ1) is 15.5. The molecule has 0 aliphatic heterocycles. The largest absolute Gasteiger partial charge is 0.492 e. The molecule has 1 aromatic carbocycles. The molecule has 0 bridgehead atoms. The van der Waals surface area contributed by atoms with Crippen LogP contribution in [0.2, 0.25) is 10.0 Å². The molecule has 2 unspecified atom stereocenters. The Bertz CT molecular complexity index is 502. The predicted octanol–water partition coefficient (Wildman–Crippen LogP) is 4.13. The molecule has 20 heavy (non-hydrogen) atoms. The second-order valence-electron chi connectivity index (χ2n) is 4.97. The highest BCUT2D eigenvalue weighted by Crippen LogP contribution is 2.44. The Kier molecular flexibility index (Phi) is 5.17. The van der Waals surface area contributed by atoms with E-state index in [1.165, 1.54) is 7.11 Å². The maximum absolute atomic E-state index is 11.4. The van der Waals surface area contributed by atoms with Gasteiger partial charge in [0, 0.05) is 5.02 Å². The van der Waals surface area contributed by atoms with E-state index in [1.54, 1.807) is 6.07 Å². The van der Waals surface area contributed by atoms with E-state index in [0.29, 0.717) is 28.3 Å². The molecule has 2 atom stereocenters. The SMILES string of the molecule is CCOc1c(Cl)cc(Cl)cc1CCC1CC1C(=O)OC. The summed E-state index contributed by atoms with van der Waals surface area (Å²) < 4.78 is 10.3. The molecule has 5 heteroatoms. The number of esters is 1. The third-order valence-electron chi connectivity index (χ3n) is 3.58. The standard InChI is InChI=1S/C15H18Cl2O3/c1-3-20-14-10(6-11(16)8-13(14)17)5-4-9-7-12(9)15(18)19-2/h6,8-9,12H,3-5,7H2,1-2H3. The Balaban J connectivity index is 2.01. The van der Waals surface area contributed by atoms with Gasteiger partial charge in [0.25, 0.3) is 0 Å². The molecule has 1 aliphatic carbocycles. The van der Waals surface area contributed by atoms with Gasteiger partial charge in [-0.15, -0.1) is 0 Å². The maximum atomic E-state index is 11.4. The molecule has 1 aromatic rings. The predicted molar refractivity (Wildman–Crippen MR) is 79.6 cm³/mol. The zero-order valence-electron chi connectivity index (χ0n) is 11.6. The van der Waals surface area contributed by atoms with Crippen molar-refractivity contribution in [2.45, 2.75) is 26.2 Å². The fourth-order valence-electron chi connectivity index (χ4n) is 2.45. The van der Waals surface area contributed by atoms with E-state index in [-0.39, 0.29) is 11.9 Å². The minimum atomic E-state index is -0.107. The number of hydrogen-bond donors (Lipinski definition) is 0. The summed E-state index contributed by atoms with van der Waals surface area (Å²) in [6, 6.07) is 3.57. The van der Waals surface area contributed by atoms with Gasteiger partial charge in [-0.25, -0.2) is 0 Å². The Morgan fingerprint density at radius 3 is 2.80 bits per heavy atom. The number of carbonyl (C=O) groups is 1. The molecule has 0 saturated heterocycles. The lowest BCUT2D eigenvalue weighted by atomic mass is 10.1. The first-order valence-electron chi connectivity index (χ1n) is 6.75. The fraction of sp³-hybridized carbons (Fsp3) is 0.533. The molecule has 3 nitrogen and oxygen atoms in total. The van der Waals surface area contributed by atoms with Gasteiger partial charge in [-0.3, -0.25) is 4.79 Å². The molecule has 1 fully saturated rings. The van der Waals surface area contributed by atoms with Crippen LogP contribution in [0.3, 0.4) is 0 Å². The van der Waals surface area contributed by atoms with Crippen LogP contribution in [-0.4, -0.2) is 19.7 Å². The van der Waals surface area contributed by atoms with Gasteiger partial charge in [0.05, 0.1) is 24.7 Å². The van der Waals surface area contributed by atoms with E-state index < -0.39 is 0 Å². The van der Waals surface area contributed by atoms with Crippen molar-refractivity contribution in [3.8, 4) is 5.75 Å². The molecule has 0 spiro atoms. The molecule has 0 aromatic heterocycles. The third-order valence-corrected chi connectivity index (χ3v) is 4.08. The minimum absolute atomic E-state index is 0.0604. The Labute approximate surface area is 129 Å². The zero-order valence-corrected chi connectivity index (χ0v) is 13.1. The van der Waals surface area contributed by atoms with Crippen LogP contribution < -0.4 is 4.74 Å². The molecular weight excluding hydrogens is 299 g/mol. The second-order valence-corrected chi connectivity index (χ2v) is 5.82. The van der Waals surface area contributed by atoms with Crippen LogP contribution >= 0.6 is 23.2 Å². The fourth-order valence-corrected chi connectivity index (χ4v) is 3.04. The smallest absolute Gasteiger partial charge is 0.308 e. The summed E-state index contributed by atoms with van der Waals surface area (Å²) in [4.78, 5) is 11.4. The van der Waals surface area contributed by atoms with E-state index in [1.807, 2.05) is 13.0 Å². The van der Waals surface area contributed by atoms with Gasteiger partial charge in [0.2, 0.25) is 0 Å². The van der Waals surface area contributed by atoms with Crippen molar-refractivity contribution in [2.24, 2.45) is 11.8 Å². The number of carbonyl (C=O) groups excluding carboxylic acids is 1. The first-order chi connectivity index (χ1) is 9.56. The average molecular weight is 317 g/mol. The molecule has 1 saturated carbocycles. The van der Waals surface area contributed by atoms with Gasteiger partial charge < -0.3 is 9.47 Å². The van der Waals surface area contributed by atoms with Gasteiger partial charge in [0.1, 0.15) is 5.75 Å². The average Bonchev–Trinajstić information content (AvgIpc) is 3.18. The van der Waals surface area contributed by atoms with Crippen molar-refractivity contribution < 1.29 is 14.3 Å². The lowest BCUT2D eigenvalue weighted by molar-refractivity contribution is -0.142. The highest BCUT2D eigenvalue weighted by atomic mass is 35.5. The summed E-state index contributed by atoms with van der Waals surface area (Å²) >= 11 is 12.2. The van der Waals surface area contributed by atoms with Crippen molar-refractivity contribution in [3.05, 3.63) is 27.7 Å². The van der Waals surface area contributed by atoms with Crippen molar-refractivity contribution >= 4 is 29.2 Å².